The summed E-state index contributed by atoms with van der Waals surface area (Å²) in [5.41, 5.74) is 0. The zero-order chi connectivity index (χ0) is 14.5. The maximum atomic E-state index is 11.9. The normalized spacial score (nSPS) is 11.7. The molecule has 6 heteroatoms. The number of carboxylic acid groups (broad SMARTS) is 1. The third-order valence-corrected chi connectivity index (χ3v) is 4.77. The van der Waals surface area contributed by atoms with Gasteiger partial charge in [0.25, 0.3) is 5.91 Å². The fourth-order valence-electron chi connectivity index (χ4n) is 1.17. The maximum absolute atomic E-state index is 11.9. The van der Waals surface area contributed by atoms with Crippen LogP contribution in [0, 0.1) is 0 Å². The fourth-order valence-corrected chi connectivity index (χ4v) is 2.21. The molecule has 0 fully saturated rings. The molecule has 0 saturated heterocycles. The summed E-state index contributed by atoms with van der Waals surface area (Å²) in [5, 5.41) is 11.4. The topological polar surface area (TPSA) is 66.4 Å². The number of carbonyl (C=O) groups is 2. The monoisotopic (exact) mass is 299 g/mol. The molecule has 0 saturated carbocycles. The second-order valence-electron chi connectivity index (χ2n) is 4.52. The van der Waals surface area contributed by atoms with Crippen molar-refractivity contribution in [1.29, 1.82) is 0 Å². The highest BCUT2D eigenvalue weighted by Crippen LogP contribution is 2.21. The predicted molar refractivity (Wildman–Crippen MR) is 80.9 cm³/mol. The number of carbonyl (C=O) groups excluding carboxylic acids is 1. The Kier molecular flexibility index (Phi) is 5.62. The first kappa shape index (κ1) is 15.8. The maximum Gasteiger partial charge on any atom is 0.328 e. The highest BCUT2D eigenvalue weighted by atomic mass is 32.2. The lowest BCUT2D eigenvalue weighted by Gasteiger charge is -2.21. The lowest BCUT2D eigenvalue weighted by atomic mass is 10.2. The smallest absolute Gasteiger partial charge is 0.328 e. The van der Waals surface area contributed by atoms with E-state index in [1.54, 1.807) is 23.9 Å². The molecule has 0 spiro atoms. The first-order chi connectivity index (χ1) is 8.84. The molecule has 0 unspecified atom stereocenters. The van der Waals surface area contributed by atoms with Crippen LogP contribution in [-0.2, 0) is 4.79 Å². The van der Waals surface area contributed by atoms with Crippen LogP contribution in [0.25, 0.3) is 6.08 Å². The number of thioether (sulfide) groups is 1. The van der Waals surface area contributed by atoms with Gasteiger partial charge in [-0.05, 0) is 38.3 Å². The van der Waals surface area contributed by atoms with Crippen LogP contribution in [0.15, 0.2) is 18.2 Å². The Morgan fingerprint density at radius 2 is 2.16 bits per heavy atom. The van der Waals surface area contributed by atoms with E-state index >= 15 is 0 Å². The lowest BCUT2D eigenvalue weighted by molar-refractivity contribution is -0.131. The average molecular weight is 299 g/mol. The van der Waals surface area contributed by atoms with E-state index in [1.807, 2.05) is 6.26 Å². The summed E-state index contributed by atoms with van der Waals surface area (Å²) < 4.78 is -0.00103. The molecule has 0 radical (unpaired) electrons. The van der Waals surface area contributed by atoms with Gasteiger partial charge in [0.05, 0.1) is 4.88 Å². The van der Waals surface area contributed by atoms with Gasteiger partial charge >= 0.3 is 5.97 Å². The SMILES string of the molecule is CSC(C)(C)CNC(=O)c1ccc(/C=C/C(=O)O)s1. The van der Waals surface area contributed by atoms with Crippen LogP contribution in [0.3, 0.4) is 0 Å². The minimum absolute atomic E-state index is 0.00103. The van der Waals surface area contributed by atoms with Crippen LogP contribution in [0.1, 0.15) is 28.4 Å². The Morgan fingerprint density at radius 3 is 2.74 bits per heavy atom. The standard InChI is InChI=1S/C13H17NO3S2/c1-13(2,18-3)8-14-12(17)10-6-4-9(19-10)5-7-11(15)16/h4-7H,8H2,1-3H3,(H,14,17)(H,15,16)/b7-5+. The van der Waals surface area contributed by atoms with Crippen LogP contribution < -0.4 is 5.32 Å². The quantitative estimate of drug-likeness (QED) is 0.793. The minimum atomic E-state index is -0.999. The van der Waals surface area contributed by atoms with Crippen molar-refractivity contribution in [2.24, 2.45) is 0 Å². The Labute approximate surface area is 120 Å². The molecular formula is C13H17NO3S2. The fraction of sp³-hybridized carbons (Fsp3) is 0.385. The van der Waals surface area contributed by atoms with E-state index in [-0.39, 0.29) is 10.7 Å². The van der Waals surface area contributed by atoms with Crippen molar-refractivity contribution in [1.82, 2.24) is 5.32 Å². The number of rotatable bonds is 6. The van der Waals surface area contributed by atoms with Gasteiger partial charge < -0.3 is 10.4 Å². The van der Waals surface area contributed by atoms with Gasteiger partial charge in [0, 0.05) is 22.2 Å². The summed E-state index contributed by atoms with van der Waals surface area (Å²) in [4.78, 5) is 23.6. The zero-order valence-electron chi connectivity index (χ0n) is 11.1. The molecular weight excluding hydrogens is 282 g/mol. The highest BCUT2D eigenvalue weighted by molar-refractivity contribution is 7.99. The summed E-state index contributed by atoms with van der Waals surface area (Å²) in [6.45, 7) is 4.71. The summed E-state index contributed by atoms with van der Waals surface area (Å²) in [6, 6.07) is 3.44. The second kappa shape index (κ2) is 6.77. The van der Waals surface area contributed by atoms with Crippen molar-refractivity contribution in [3.8, 4) is 0 Å². The molecule has 0 aliphatic rings. The zero-order valence-corrected chi connectivity index (χ0v) is 12.7. The highest BCUT2D eigenvalue weighted by Gasteiger charge is 2.18. The summed E-state index contributed by atoms with van der Waals surface area (Å²) in [6.07, 6.45) is 4.55. The largest absolute Gasteiger partial charge is 0.478 e. The molecule has 1 aromatic heterocycles. The van der Waals surface area contributed by atoms with Gasteiger partial charge in [0.1, 0.15) is 0 Å². The van der Waals surface area contributed by atoms with Crippen LogP contribution in [0.4, 0.5) is 0 Å². The van der Waals surface area contributed by atoms with Crippen molar-refractivity contribution in [2.75, 3.05) is 12.8 Å². The van der Waals surface area contributed by atoms with Gasteiger partial charge in [-0.15, -0.1) is 11.3 Å². The molecule has 19 heavy (non-hydrogen) atoms. The van der Waals surface area contributed by atoms with Crippen LogP contribution in [0.2, 0.25) is 0 Å². The molecule has 0 bridgehead atoms. The third kappa shape index (κ3) is 5.48. The molecule has 0 aromatic carbocycles. The Hall–Kier alpha value is -1.27. The average Bonchev–Trinajstić information content (AvgIpc) is 2.82. The van der Waals surface area contributed by atoms with E-state index in [1.165, 1.54) is 17.4 Å². The molecule has 4 nitrogen and oxygen atoms in total. The molecule has 1 rings (SSSR count). The van der Waals surface area contributed by atoms with E-state index < -0.39 is 5.97 Å². The molecule has 104 valence electrons. The molecule has 0 aliphatic carbocycles. The number of hydrogen-bond acceptors (Lipinski definition) is 4. The molecule has 1 heterocycles. The van der Waals surface area contributed by atoms with E-state index in [2.05, 4.69) is 19.2 Å². The molecule has 1 amide bonds. The van der Waals surface area contributed by atoms with E-state index in [9.17, 15) is 9.59 Å². The second-order valence-corrected chi connectivity index (χ2v) is 7.15. The van der Waals surface area contributed by atoms with Crippen molar-refractivity contribution in [3.63, 3.8) is 0 Å². The lowest BCUT2D eigenvalue weighted by Crippen LogP contribution is -2.35. The Morgan fingerprint density at radius 1 is 1.47 bits per heavy atom. The minimum Gasteiger partial charge on any atom is -0.478 e. The number of hydrogen-bond donors (Lipinski definition) is 2. The Bertz CT molecular complexity index is 492. The number of carboxylic acids is 1. The summed E-state index contributed by atoms with van der Waals surface area (Å²) >= 11 is 2.97. The van der Waals surface area contributed by atoms with Crippen molar-refractivity contribution < 1.29 is 14.7 Å². The first-order valence-corrected chi connectivity index (χ1v) is 7.72. The first-order valence-electron chi connectivity index (χ1n) is 5.68. The number of thiophene rings is 1. The molecule has 0 aliphatic heterocycles. The number of aliphatic carboxylic acids is 1. The van der Waals surface area contributed by atoms with Gasteiger partial charge in [-0.25, -0.2) is 4.79 Å². The van der Waals surface area contributed by atoms with Crippen LogP contribution in [-0.4, -0.2) is 34.5 Å². The molecule has 2 N–H and O–H groups in total. The summed E-state index contributed by atoms with van der Waals surface area (Å²) in [5.74, 6) is -1.12. The van der Waals surface area contributed by atoms with Crippen LogP contribution in [0.5, 0.6) is 0 Å². The van der Waals surface area contributed by atoms with Crippen molar-refractivity contribution in [2.45, 2.75) is 18.6 Å². The van der Waals surface area contributed by atoms with E-state index in [4.69, 9.17) is 5.11 Å². The van der Waals surface area contributed by atoms with Crippen LogP contribution >= 0.6 is 23.1 Å². The van der Waals surface area contributed by atoms with Crippen molar-refractivity contribution in [3.05, 3.63) is 28.0 Å². The van der Waals surface area contributed by atoms with Crippen molar-refractivity contribution >= 4 is 41.1 Å². The van der Waals surface area contributed by atoms with Gasteiger partial charge in [-0.1, -0.05) is 0 Å². The van der Waals surface area contributed by atoms with Gasteiger partial charge in [-0.3, -0.25) is 4.79 Å². The molecule has 0 atom stereocenters. The predicted octanol–water partition coefficient (Wildman–Crippen LogP) is 2.72. The van der Waals surface area contributed by atoms with Gasteiger partial charge in [0.15, 0.2) is 0 Å². The van der Waals surface area contributed by atoms with Gasteiger partial charge in [0.2, 0.25) is 0 Å². The molecule has 1 aromatic rings. The Balaban J connectivity index is 2.61. The van der Waals surface area contributed by atoms with Gasteiger partial charge in [-0.2, -0.15) is 11.8 Å². The number of amides is 1. The third-order valence-electron chi connectivity index (χ3n) is 2.47. The number of nitrogens with one attached hydrogen (secondary N) is 1. The van der Waals surface area contributed by atoms with E-state index in [0.717, 1.165) is 11.0 Å². The van der Waals surface area contributed by atoms with E-state index in [0.29, 0.717) is 11.4 Å². The summed E-state index contributed by atoms with van der Waals surface area (Å²) in [7, 11) is 0.